The smallest absolute Gasteiger partial charge is 0.270 e. The Hall–Kier alpha value is -3.87. The van der Waals surface area contributed by atoms with E-state index in [2.05, 4.69) is 27.8 Å². The van der Waals surface area contributed by atoms with E-state index in [1.165, 1.54) is 17.3 Å². The highest BCUT2D eigenvalue weighted by molar-refractivity contribution is 5.94. The normalized spacial score (nSPS) is 13.0. The molecule has 7 N–H and O–H groups in total. The fourth-order valence-corrected chi connectivity index (χ4v) is 3.58. The number of carbonyl (C=O) groups is 1. The lowest BCUT2D eigenvalue weighted by molar-refractivity contribution is 0.0933. The molecule has 0 atom stereocenters. The molecule has 2 aromatic carbocycles. The molecular formula is C22H22N6O. The van der Waals surface area contributed by atoms with Gasteiger partial charge >= 0.3 is 0 Å². The lowest BCUT2D eigenvalue weighted by Gasteiger charge is -2.13. The predicted octanol–water partition coefficient (Wildman–Crippen LogP) is 2.88. The quantitative estimate of drug-likeness (QED) is 0.340. The zero-order chi connectivity index (χ0) is 20.4. The molecule has 1 aliphatic carbocycles. The van der Waals surface area contributed by atoms with Gasteiger partial charge in [-0.2, -0.15) is 0 Å². The molecule has 0 radical (unpaired) electrons. The van der Waals surface area contributed by atoms with Crippen LogP contribution in [0.4, 0.5) is 22.9 Å². The highest BCUT2D eigenvalue weighted by atomic mass is 16.1. The van der Waals surface area contributed by atoms with E-state index in [-0.39, 0.29) is 17.6 Å². The van der Waals surface area contributed by atoms with E-state index in [1.54, 1.807) is 30.3 Å². The van der Waals surface area contributed by atoms with Crippen molar-refractivity contribution in [1.82, 2.24) is 10.3 Å². The molecule has 0 unspecified atom stereocenters. The summed E-state index contributed by atoms with van der Waals surface area (Å²) in [6, 6.07) is 16.7. The fraction of sp³-hybridized carbons (Fsp3) is 0.136. The van der Waals surface area contributed by atoms with Crippen molar-refractivity contribution in [1.29, 1.82) is 5.41 Å². The van der Waals surface area contributed by atoms with Crippen molar-refractivity contribution in [2.24, 2.45) is 0 Å². The molecule has 0 saturated heterocycles. The molecule has 1 amide bonds. The van der Waals surface area contributed by atoms with Crippen LogP contribution in [0.3, 0.4) is 0 Å². The number of nitrogens with one attached hydrogen (secondary N) is 3. The van der Waals surface area contributed by atoms with Gasteiger partial charge < -0.3 is 27.5 Å². The number of anilines is 4. The van der Waals surface area contributed by atoms with Gasteiger partial charge in [-0.15, -0.1) is 0 Å². The van der Waals surface area contributed by atoms with Crippen LogP contribution in [0.15, 0.2) is 54.6 Å². The predicted molar refractivity (Wildman–Crippen MR) is 116 cm³/mol. The van der Waals surface area contributed by atoms with Crippen molar-refractivity contribution in [2.45, 2.75) is 18.9 Å². The van der Waals surface area contributed by atoms with Crippen LogP contribution in [0.1, 0.15) is 27.2 Å². The van der Waals surface area contributed by atoms with Gasteiger partial charge in [-0.1, -0.05) is 24.3 Å². The second kappa shape index (κ2) is 7.63. The van der Waals surface area contributed by atoms with E-state index < -0.39 is 0 Å². The summed E-state index contributed by atoms with van der Waals surface area (Å²) in [5.41, 5.74) is 17.0. The summed E-state index contributed by atoms with van der Waals surface area (Å²) in [7, 11) is 0. The molecule has 1 aliphatic rings. The number of rotatable bonds is 5. The SMILES string of the molecule is N=Cc1ccc(Nc2cc(N)cc(C(=O)NC3Cc4ccccc4C3)n2)cc1N. The Bertz CT molecular complexity index is 1070. The molecule has 1 aromatic heterocycles. The Morgan fingerprint density at radius 2 is 1.79 bits per heavy atom. The molecule has 29 heavy (non-hydrogen) atoms. The highest BCUT2D eigenvalue weighted by Crippen LogP contribution is 2.23. The molecule has 7 nitrogen and oxygen atoms in total. The largest absolute Gasteiger partial charge is 0.399 e. The van der Waals surface area contributed by atoms with Crippen molar-refractivity contribution in [2.75, 3.05) is 16.8 Å². The standard InChI is InChI=1S/C22H22N6O/c23-12-15-5-6-17(11-19(15)25)26-21-10-16(24)9-20(28-21)22(29)27-18-7-13-3-1-2-4-14(13)8-18/h1-6,9-12,18,23H,7-8,25H2,(H,27,29)(H3,24,26,28). The van der Waals surface area contributed by atoms with Crippen molar-refractivity contribution in [3.05, 3.63) is 77.0 Å². The minimum atomic E-state index is -0.253. The first kappa shape index (κ1) is 18.5. The molecule has 0 fully saturated rings. The van der Waals surface area contributed by atoms with Crippen molar-refractivity contribution >= 4 is 35.0 Å². The lowest BCUT2D eigenvalue weighted by atomic mass is 10.1. The van der Waals surface area contributed by atoms with Gasteiger partial charge in [-0.25, -0.2) is 4.98 Å². The van der Waals surface area contributed by atoms with Gasteiger partial charge in [0.25, 0.3) is 5.91 Å². The second-order valence-electron chi connectivity index (χ2n) is 7.13. The van der Waals surface area contributed by atoms with Crippen molar-refractivity contribution in [3.63, 3.8) is 0 Å². The Kier molecular flexibility index (Phi) is 4.87. The first-order chi connectivity index (χ1) is 14.0. The average Bonchev–Trinajstić information content (AvgIpc) is 3.10. The molecule has 4 rings (SSSR count). The van der Waals surface area contributed by atoms with Crippen LogP contribution < -0.4 is 22.1 Å². The van der Waals surface area contributed by atoms with Gasteiger partial charge in [0.05, 0.1) is 0 Å². The lowest BCUT2D eigenvalue weighted by Crippen LogP contribution is -2.35. The molecule has 0 bridgehead atoms. The number of nitrogens with zero attached hydrogens (tertiary/aromatic N) is 1. The number of pyridine rings is 1. The number of aromatic nitrogens is 1. The number of fused-ring (bicyclic) bond motifs is 1. The van der Waals surface area contributed by atoms with Gasteiger partial charge in [0.15, 0.2) is 0 Å². The van der Waals surface area contributed by atoms with Gasteiger partial charge in [-0.05, 0) is 48.2 Å². The molecule has 0 saturated carbocycles. The number of nitrogens with two attached hydrogens (primary N) is 2. The topological polar surface area (TPSA) is 130 Å². The molecule has 1 heterocycles. The number of carbonyl (C=O) groups excluding carboxylic acids is 1. The minimum Gasteiger partial charge on any atom is -0.399 e. The van der Waals surface area contributed by atoms with Crippen LogP contribution in [-0.4, -0.2) is 23.1 Å². The number of hydrogen-bond acceptors (Lipinski definition) is 6. The summed E-state index contributed by atoms with van der Waals surface area (Å²) in [4.78, 5) is 17.1. The van der Waals surface area contributed by atoms with Gasteiger partial charge in [0.1, 0.15) is 11.5 Å². The molecule has 0 spiro atoms. The third kappa shape index (κ3) is 4.03. The minimum absolute atomic E-state index is 0.0491. The summed E-state index contributed by atoms with van der Waals surface area (Å²) < 4.78 is 0. The zero-order valence-corrected chi connectivity index (χ0v) is 15.8. The molecular weight excluding hydrogens is 364 g/mol. The first-order valence-corrected chi connectivity index (χ1v) is 9.34. The van der Waals surface area contributed by atoms with E-state index in [9.17, 15) is 4.79 Å². The van der Waals surface area contributed by atoms with Crippen LogP contribution in [0.5, 0.6) is 0 Å². The van der Waals surface area contributed by atoms with Crippen molar-refractivity contribution in [3.8, 4) is 0 Å². The van der Waals surface area contributed by atoms with Gasteiger partial charge in [0, 0.05) is 40.9 Å². The Balaban J connectivity index is 1.49. The Morgan fingerprint density at radius 1 is 1.07 bits per heavy atom. The number of hydrogen-bond donors (Lipinski definition) is 5. The maximum Gasteiger partial charge on any atom is 0.270 e. The van der Waals surface area contributed by atoms with Crippen LogP contribution in [0, 0.1) is 5.41 Å². The summed E-state index contributed by atoms with van der Waals surface area (Å²) in [5.74, 6) is 0.198. The average molecular weight is 386 g/mol. The van der Waals surface area contributed by atoms with E-state index >= 15 is 0 Å². The third-order valence-corrected chi connectivity index (χ3v) is 4.98. The third-order valence-electron chi connectivity index (χ3n) is 4.98. The van der Waals surface area contributed by atoms with Crippen LogP contribution in [0.25, 0.3) is 0 Å². The van der Waals surface area contributed by atoms with E-state index in [4.69, 9.17) is 16.9 Å². The van der Waals surface area contributed by atoms with E-state index in [0.717, 1.165) is 12.8 Å². The maximum atomic E-state index is 12.7. The second-order valence-corrected chi connectivity index (χ2v) is 7.13. The van der Waals surface area contributed by atoms with Crippen molar-refractivity contribution < 1.29 is 4.79 Å². The van der Waals surface area contributed by atoms with E-state index in [1.807, 2.05) is 12.1 Å². The Labute approximate surface area is 168 Å². The molecule has 7 heteroatoms. The van der Waals surface area contributed by atoms with Crippen LogP contribution >= 0.6 is 0 Å². The fourth-order valence-electron chi connectivity index (χ4n) is 3.58. The summed E-state index contributed by atoms with van der Waals surface area (Å²) >= 11 is 0. The molecule has 146 valence electrons. The zero-order valence-electron chi connectivity index (χ0n) is 15.8. The van der Waals surface area contributed by atoms with Gasteiger partial charge in [-0.3, -0.25) is 4.79 Å². The van der Waals surface area contributed by atoms with Gasteiger partial charge in [0.2, 0.25) is 0 Å². The van der Waals surface area contributed by atoms with Crippen LogP contribution in [0.2, 0.25) is 0 Å². The first-order valence-electron chi connectivity index (χ1n) is 9.34. The summed E-state index contributed by atoms with van der Waals surface area (Å²) in [5, 5.41) is 13.5. The number of amides is 1. The maximum absolute atomic E-state index is 12.7. The van der Waals surface area contributed by atoms with E-state index in [0.29, 0.717) is 28.4 Å². The van der Waals surface area contributed by atoms with Crippen LogP contribution in [-0.2, 0) is 12.8 Å². The Morgan fingerprint density at radius 3 is 2.45 bits per heavy atom. The summed E-state index contributed by atoms with van der Waals surface area (Å²) in [6.45, 7) is 0. The highest BCUT2D eigenvalue weighted by Gasteiger charge is 2.23. The summed E-state index contributed by atoms with van der Waals surface area (Å²) in [6.07, 6.45) is 2.82. The number of benzene rings is 2. The number of nitrogen functional groups attached to an aromatic ring is 2. The molecule has 0 aliphatic heterocycles. The monoisotopic (exact) mass is 386 g/mol. The molecule has 3 aromatic rings.